The van der Waals surface area contributed by atoms with E-state index in [0.29, 0.717) is 0 Å². The minimum atomic E-state index is -1.09. The molecule has 18 heavy (non-hydrogen) atoms. The lowest BCUT2D eigenvalue weighted by Gasteiger charge is -2.33. The minimum Gasteiger partial charge on any atom is -0.346 e. The van der Waals surface area contributed by atoms with Crippen LogP contribution in [-0.4, -0.2) is 23.3 Å². The molecule has 0 aromatic carbocycles. The van der Waals surface area contributed by atoms with E-state index in [0.717, 1.165) is 24.7 Å². The summed E-state index contributed by atoms with van der Waals surface area (Å²) in [4.78, 5) is 0. The first kappa shape index (κ1) is 15.9. The molecule has 108 valence electrons. The fraction of sp³-hybridized carbons (Fsp3) is 1.00. The summed E-state index contributed by atoms with van der Waals surface area (Å²) in [5, 5.41) is 9.71. The highest BCUT2D eigenvalue weighted by Gasteiger charge is 2.27. The summed E-state index contributed by atoms with van der Waals surface area (Å²) in [6.07, 6.45) is 5.91. The Bertz CT molecular complexity index is 226. The molecule has 1 fully saturated rings. The van der Waals surface area contributed by atoms with Crippen LogP contribution in [0.15, 0.2) is 0 Å². The van der Waals surface area contributed by atoms with Crippen LogP contribution in [0, 0.1) is 11.8 Å². The zero-order valence-corrected chi connectivity index (χ0v) is 12.6. The standard InChI is InChI=1S/C15H30O3/c1-6-11(2)12-7-9-13(10-8-12)17-14(16)18-15(3,4)5/h11-14,16H,6-10H2,1-5H3. The monoisotopic (exact) mass is 258 g/mol. The van der Waals surface area contributed by atoms with E-state index >= 15 is 0 Å². The van der Waals surface area contributed by atoms with Crippen molar-refractivity contribution in [1.29, 1.82) is 0 Å². The quantitative estimate of drug-likeness (QED) is 0.764. The maximum absolute atomic E-state index is 9.71. The maximum atomic E-state index is 9.71. The summed E-state index contributed by atoms with van der Waals surface area (Å²) < 4.78 is 10.9. The Morgan fingerprint density at radius 3 is 2.17 bits per heavy atom. The third kappa shape index (κ3) is 5.68. The van der Waals surface area contributed by atoms with Crippen molar-refractivity contribution in [2.75, 3.05) is 0 Å². The van der Waals surface area contributed by atoms with Gasteiger partial charge in [-0.05, 0) is 58.3 Å². The Balaban J connectivity index is 2.27. The summed E-state index contributed by atoms with van der Waals surface area (Å²) in [5.74, 6) is 1.64. The first-order valence-electron chi connectivity index (χ1n) is 7.33. The van der Waals surface area contributed by atoms with Crippen LogP contribution in [0.4, 0.5) is 0 Å². The van der Waals surface area contributed by atoms with E-state index in [1.165, 1.54) is 19.3 Å². The van der Waals surface area contributed by atoms with Crippen molar-refractivity contribution in [3.63, 3.8) is 0 Å². The van der Waals surface area contributed by atoms with E-state index in [1.54, 1.807) is 0 Å². The maximum Gasteiger partial charge on any atom is 0.269 e. The molecule has 0 radical (unpaired) electrons. The molecule has 0 bridgehead atoms. The summed E-state index contributed by atoms with van der Waals surface area (Å²) in [7, 11) is 0. The second-order valence-corrected chi connectivity index (χ2v) is 6.60. The van der Waals surface area contributed by atoms with E-state index in [9.17, 15) is 5.11 Å². The second kappa shape index (κ2) is 6.88. The number of rotatable bonds is 5. The zero-order valence-electron chi connectivity index (χ0n) is 12.6. The van der Waals surface area contributed by atoms with Gasteiger partial charge in [0, 0.05) is 0 Å². The highest BCUT2D eigenvalue weighted by Crippen LogP contribution is 2.33. The molecule has 0 amide bonds. The van der Waals surface area contributed by atoms with Crippen molar-refractivity contribution in [3.05, 3.63) is 0 Å². The van der Waals surface area contributed by atoms with Gasteiger partial charge in [-0.1, -0.05) is 20.3 Å². The lowest BCUT2D eigenvalue weighted by atomic mass is 9.79. The third-order valence-electron chi connectivity index (χ3n) is 3.93. The summed E-state index contributed by atoms with van der Waals surface area (Å²) in [5.41, 5.74) is -0.368. The van der Waals surface area contributed by atoms with Gasteiger partial charge in [-0.3, -0.25) is 0 Å². The smallest absolute Gasteiger partial charge is 0.269 e. The van der Waals surface area contributed by atoms with Crippen LogP contribution in [0.1, 0.15) is 66.7 Å². The van der Waals surface area contributed by atoms with Crippen molar-refractivity contribution < 1.29 is 14.6 Å². The van der Waals surface area contributed by atoms with Gasteiger partial charge in [0.05, 0.1) is 11.7 Å². The van der Waals surface area contributed by atoms with Gasteiger partial charge < -0.3 is 14.6 Å². The van der Waals surface area contributed by atoms with Crippen LogP contribution in [-0.2, 0) is 9.47 Å². The molecule has 2 unspecified atom stereocenters. The van der Waals surface area contributed by atoms with Gasteiger partial charge in [-0.25, -0.2) is 0 Å². The van der Waals surface area contributed by atoms with Crippen molar-refractivity contribution in [1.82, 2.24) is 0 Å². The number of ether oxygens (including phenoxy) is 2. The molecule has 2 atom stereocenters. The van der Waals surface area contributed by atoms with E-state index in [1.807, 2.05) is 20.8 Å². The van der Waals surface area contributed by atoms with Crippen LogP contribution < -0.4 is 0 Å². The van der Waals surface area contributed by atoms with Gasteiger partial charge in [0.15, 0.2) is 0 Å². The van der Waals surface area contributed by atoms with Crippen molar-refractivity contribution in [3.8, 4) is 0 Å². The van der Waals surface area contributed by atoms with E-state index in [4.69, 9.17) is 9.47 Å². The van der Waals surface area contributed by atoms with Crippen LogP contribution in [0.2, 0.25) is 0 Å². The average Bonchev–Trinajstić information content (AvgIpc) is 2.26. The van der Waals surface area contributed by atoms with E-state index in [-0.39, 0.29) is 11.7 Å². The van der Waals surface area contributed by atoms with Gasteiger partial charge in [-0.2, -0.15) is 0 Å². The average molecular weight is 258 g/mol. The summed E-state index contributed by atoms with van der Waals surface area (Å²) in [6.45, 7) is 9.26. The van der Waals surface area contributed by atoms with Crippen LogP contribution in [0.25, 0.3) is 0 Å². The number of aliphatic hydroxyl groups is 1. The van der Waals surface area contributed by atoms with Gasteiger partial charge in [-0.15, -0.1) is 0 Å². The molecule has 0 aromatic heterocycles. The molecular weight excluding hydrogens is 228 g/mol. The molecule has 1 rings (SSSR count). The highest BCUT2D eigenvalue weighted by atomic mass is 16.8. The number of aliphatic hydroxyl groups excluding tert-OH is 1. The molecule has 3 heteroatoms. The topological polar surface area (TPSA) is 38.7 Å². The number of hydrogen-bond acceptors (Lipinski definition) is 3. The second-order valence-electron chi connectivity index (χ2n) is 6.60. The molecule has 1 aliphatic carbocycles. The lowest BCUT2D eigenvalue weighted by molar-refractivity contribution is -0.316. The highest BCUT2D eigenvalue weighted by molar-refractivity contribution is 4.76. The van der Waals surface area contributed by atoms with Crippen molar-refractivity contribution >= 4 is 0 Å². The van der Waals surface area contributed by atoms with Crippen molar-refractivity contribution in [2.45, 2.75) is 84.9 Å². The Hall–Kier alpha value is -0.120. The molecule has 1 N–H and O–H groups in total. The first-order chi connectivity index (χ1) is 8.31. The SMILES string of the molecule is CCC(C)C1CCC(OC(O)OC(C)(C)C)CC1. The predicted molar refractivity (Wildman–Crippen MR) is 73.1 cm³/mol. The molecule has 0 heterocycles. The van der Waals surface area contributed by atoms with Gasteiger partial charge in [0.1, 0.15) is 0 Å². The van der Waals surface area contributed by atoms with Gasteiger partial charge in [0.2, 0.25) is 0 Å². The fourth-order valence-corrected chi connectivity index (χ4v) is 2.62. The third-order valence-corrected chi connectivity index (χ3v) is 3.93. The molecule has 0 saturated heterocycles. The fourth-order valence-electron chi connectivity index (χ4n) is 2.62. The van der Waals surface area contributed by atoms with Gasteiger partial charge in [0.25, 0.3) is 6.48 Å². The Labute approximate surface area is 112 Å². The van der Waals surface area contributed by atoms with Crippen LogP contribution in [0.3, 0.4) is 0 Å². The molecule has 0 aliphatic heterocycles. The predicted octanol–water partition coefficient (Wildman–Crippen LogP) is 3.70. The lowest BCUT2D eigenvalue weighted by Crippen LogP contribution is -2.34. The zero-order chi connectivity index (χ0) is 13.8. The van der Waals surface area contributed by atoms with Crippen LogP contribution in [0.5, 0.6) is 0 Å². The Morgan fingerprint density at radius 2 is 1.72 bits per heavy atom. The normalized spacial score (nSPS) is 29.0. The van der Waals surface area contributed by atoms with Crippen LogP contribution >= 0.6 is 0 Å². The number of hydrogen-bond donors (Lipinski definition) is 1. The minimum absolute atomic E-state index is 0.155. The van der Waals surface area contributed by atoms with Gasteiger partial charge >= 0.3 is 0 Å². The molecule has 0 spiro atoms. The largest absolute Gasteiger partial charge is 0.346 e. The first-order valence-corrected chi connectivity index (χ1v) is 7.33. The molecule has 0 aromatic rings. The molecule has 1 saturated carbocycles. The molecule has 1 aliphatic rings. The summed E-state index contributed by atoms with van der Waals surface area (Å²) in [6, 6.07) is 0. The Kier molecular flexibility index (Phi) is 6.09. The Morgan fingerprint density at radius 1 is 1.17 bits per heavy atom. The van der Waals surface area contributed by atoms with E-state index in [2.05, 4.69) is 13.8 Å². The summed E-state index contributed by atoms with van der Waals surface area (Å²) >= 11 is 0. The van der Waals surface area contributed by atoms with Crippen molar-refractivity contribution in [2.24, 2.45) is 11.8 Å². The molecular formula is C15H30O3. The van der Waals surface area contributed by atoms with E-state index < -0.39 is 6.48 Å². The molecule has 3 nitrogen and oxygen atoms in total.